The Bertz CT molecular complexity index is 722. The molecule has 22 heavy (non-hydrogen) atoms. The highest BCUT2D eigenvalue weighted by atomic mass is 16.6. The molecule has 0 unspecified atom stereocenters. The lowest BCUT2D eigenvalue weighted by Gasteiger charge is -2.04. The van der Waals surface area contributed by atoms with Crippen LogP contribution < -0.4 is 0 Å². The number of carbonyl (C=O) groups is 1. The van der Waals surface area contributed by atoms with Crippen LogP contribution >= 0.6 is 0 Å². The summed E-state index contributed by atoms with van der Waals surface area (Å²) in [6, 6.07) is 9.37. The first-order valence-electron chi connectivity index (χ1n) is 6.57. The first-order valence-corrected chi connectivity index (χ1v) is 6.57. The Balaban J connectivity index is 2.28. The number of benzene rings is 1. The molecule has 0 aliphatic rings. The summed E-state index contributed by atoms with van der Waals surface area (Å²) in [7, 11) is 3.66. The Hall–Kier alpha value is -3.02. The minimum Gasteiger partial charge on any atom is -0.383 e. The Kier molecular flexibility index (Phi) is 4.63. The Morgan fingerprint density at radius 2 is 1.91 bits per heavy atom. The molecular formula is C16H15N3O3. The van der Waals surface area contributed by atoms with E-state index in [2.05, 4.69) is 4.98 Å². The summed E-state index contributed by atoms with van der Waals surface area (Å²) >= 11 is 0. The SMILES string of the molecule is CN(C)/C=C/C(=O)c1ccnc(-c2ccc([N+](=O)[O-])cc2)c1. The number of aromatic nitrogens is 1. The van der Waals surface area contributed by atoms with Crippen molar-refractivity contribution in [3.05, 3.63) is 70.5 Å². The zero-order valence-corrected chi connectivity index (χ0v) is 12.3. The predicted octanol–water partition coefficient (Wildman–Crippen LogP) is 2.91. The second kappa shape index (κ2) is 6.62. The minimum atomic E-state index is -0.455. The maximum absolute atomic E-state index is 12.0. The van der Waals surface area contributed by atoms with E-state index in [0.717, 1.165) is 5.56 Å². The fraction of sp³-hybridized carbons (Fsp3) is 0.125. The van der Waals surface area contributed by atoms with Crippen LogP contribution in [0.15, 0.2) is 54.9 Å². The molecule has 1 aromatic heterocycles. The maximum Gasteiger partial charge on any atom is 0.269 e. The van der Waals surface area contributed by atoms with Gasteiger partial charge in [0.1, 0.15) is 0 Å². The van der Waals surface area contributed by atoms with E-state index in [1.165, 1.54) is 18.2 Å². The van der Waals surface area contributed by atoms with E-state index >= 15 is 0 Å². The smallest absolute Gasteiger partial charge is 0.269 e. The summed E-state index contributed by atoms with van der Waals surface area (Å²) in [5, 5.41) is 10.7. The number of nitro benzene ring substituents is 1. The lowest BCUT2D eigenvalue weighted by atomic mass is 10.1. The third-order valence-electron chi connectivity index (χ3n) is 2.94. The molecule has 2 rings (SSSR count). The molecule has 0 spiro atoms. The lowest BCUT2D eigenvalue weighted by Crippen LogP contribution is -2.03. The zero-order valence-electron chi connectivity index (χ0n) is 12.3. The molecule has 0 atom stereocenters. The van der Waals surface area contributed by atoms with Crippen molar-refractivity contribution in [2.75, 3.05) is 14.1 Å². The molecule has 0 fully saturated rings. The van der Waals surface area contributed by atoms with Crippen LogP contribution in [0.25, 0.3) is 11.3 Å². The zero-order chi connectivity index (χ0) is 16.1. The van der Waals surface area contributed by atoms with Crippen LogP contribution in [0, 0.1) is 10.1 Å². The number of nitro groups is 1. The summed E-state index contributed by atoms with van der Waals surface area (Å²) in [5.41, 5.74) is 1.85. The number of rotatable bonds is 5. The highest BCUT2D eigenvalue weighted by Gasteiger charge is 2.08. The van der Waals surface area contributed by atoms with Crippen molar-refractivity contribution >= 4 is 11.5 Å². The molecule has 0 N–H and O–H groups in total. The van der Waals surface area contributed by atoms with E-state index in [1.54, 1.807) is 41.6 Å². The van der Waals surface area contributed by atoms with Crippen LogP contribution in [-0.4, -0.2) is 34.7 Å². The van der Waals surface area contributed by atoms with Gasteiger partial charge in [0, 0.05) is 55.8 Å². The van der Waals surface area contributed by atoms with Crippen LogP contribution in [0.5, 0.6) is 0 Å². The Morgan fingerprint density at radius 3 is 2.50 bits per heavy atom. The van der Waals surface area contributed by atoms with Gasteiger partial charge in [-0.05, 0) is 24.3 Å². The average Bonchev–Trinajstić information content (AvgIpc) is 2.52. The van der Waals surface area contributed by atoms with Crippen molar-refractivity contribution in [1.29, 1.82) is 0 Å². The summed E-state index contributed by atoms with van der Waals surface area (Å²) in [6.45, 7) is 0. The number of carbonyl (C=O) groups excluding carboxylic acids is 1. The van der Waals surface area contributed by atoms with Gasteiger partial charge in [-0.15, -0.1) is 0 Å². The van der Waals surface area contributed by atoms with Gasteiger partial charge in [-0.25, -0.2) is 0 Å². The minimum absolute atomic E-state index is 0.0184. The van der Waals surface area contributed by atoms with Gasteiger partial charge in [0.2, 0.25) is 0 Å². The summed E-state index contributed by atoms with van der Waals surface area (Å²) in [6.07, 6.45) is 4.71. The van der Waals surface area contributed by atoms with Gasteiger partial charge in [0.05, 0.1) is 10.6 Å². The standard InChI is InChI=1S/C16H15N3O3/c1-18(2)10-8-16(20)13-7-9-17-15(11-13)12-3-5-14(6-4-12)19(21)22/h3-11H,1-2H3/b10-8+. The van der Waals surface area contributed by atoms with Crippen molar-refractivity contribution in [3.63, 3.8) is 0 Å². The van der Waals surface area contributed by atoms with Crippen LogP contribution in [0.3, 0.4) is 0 Å². The van der Waals surface area contributed by atoms with E-state index < -0.39 is 4.92 Å². The van der Waals surface area contributed by atoms with Gasteiger partial charge in [-0.3, -0.25) is 19.9 Å². The molecule has 6 heteroatoms. The van der Waals surface area contributed by atoms with Crippen molar-refractivity contribution in [3.8, 4) is 11.3 Å². The largest absolute Gasteiger partial charge is 0.383 e. The molecule has 0 bridgehead atoms. The number of hydrogen-bond acceptors (Lipinski definition) is 5. The van der Waals surface area contributed by atoms with Gasteiger partial charge < -0.3 is 4.90 Å². The summed E-state index contributed by atoms with van der Waals surface area (Å²) in [4.78, 5) is 28.2. The molecule has 0 aliphatic carbocycles. The fourth-order valence-electron chi connectivity index (χ4n) is 1.81. The molecule has 6 nitrogen and oxygen atoms in total. The topological polar surface area (TPSA) is 76.3 Å². The van der Waals surface area contributed by atoms with Crippen molar-refractivity contribution in [2.45, 2.75) is 0 Å². The fourth-order valence-corrected chi connectivity index (χ4v) is 1.81. The first-order chi connectivity index (χ1) is 10.5. The van der Waals surface area contributed by atoms with Crippen LogP contribution in [0.4, 0.5) is 5.69 Å². The van der Waals surface area contributed by atoms with Crippen LogP contribution in [0.2, 0.25) is 0 Å². The monoisotopic (exact) mass is 297 g/mol. The molecule has 0 aliphatic heterocycles. The second-order valence-electron chi connectivity index (χ2n) is 4.88. The van der Waals surface area contributed by atoms with Gasteiger partial charge in [0.15, 0.2) is 5.78 Å². The average molecular weight is 297 g/mol. The molecule has 2 aromatic rings. The van der Waals surface area contributed by atoms with Crippen molar-refractivity contribution in [2.24, 2.45) is 0 Å². The molecule has 1 aromatic carbocycles. The number of allylic oxidation sites excluding steroid dienone is 1. The third kappa shape index (κ3) is 3.76. The molecule has 0 saturated carbocycles. The summed E-state index contributed by atoms with van der Waals surface area (Å²) in [5.74, 6) is -0.126. The summed E-state index contributed by atoms with van der Waals surface area (Å²) < 4.78 is 0. The predicted molar refractivity (Wildman–Crippen MR) is 83.5 cm³/mol. The number of non-ortho nitro benzene ring substituents is 1. The second-order valence-corrected chi connectivity index (χ2v) is 4.88. The first kappa shape index (κ1) is 15.4. The highest BCUT2D eigenvalue weighted by molar-refractivity contribution is 6.04. The number of hydrogen-bond donors (Lipinski definition) is 0. The molecule has 1 heterocycles. The van der Waals surface area contributed by atoms with Crippen molar-refractivity contribution < 1.29 is 9.72 Å². The van der Waals surface area contributed by atoms with Crippen molar-refractivity contribution in [1.82, 2.24) is 9.88 Å². The van der Waals surface area contributed by atoms with E-state index in [0.29, 0.717) is 11.3 Å². The van der Waals surface area contributed by atoms with E-state index in [9.17, 15) is 14.9 Å². The lowest BCUT2D eigenvalue weighted by molar-refractivity contribution is -0.384. The van der Waals surface area contributed by atoms with E-state index in [1.807, 2.05) is 14.1 Å². The highest BCUT2D eigenvalue weighted by Crippen LogP contribution is 2.21. The molecule has 0 saturated heterocycles. The normalized spacial score (nSPS) is 10.6. The number of ketones is 1. The van der Waals surface area contributed by atoms with Crippen LogP contribution in [-0.2, 0) is 0 Å². The quantitative estimate of drug-likeness (QED) is 0.367. The Morgan fingerprint density at radius 1 is 1.23 bits per heavy atom. The van der Waals surface area contributed by atoms with Gasteiger partial charge in [-0.2, -0.15) is 0 Å². The molecular weight excluding hydrogens is 282 g/mol. The van der Waals surface area contributed by atoms with E-state index in [4.69, 9.17) is 0 Å². The van der Waals surface area contributed by atoms with Gasteiger partial charge in [0.25, 0.3) is 5.69 Å². The van der Waals surface area contributed by atoms with Gasteiger partial charge >= 0.3 is 0 Å². The van der Waals surface area contributed by atoms with Crippen LogP contribution in [0.1, 0.15) is 10.4 Å². The third-order valence-corrected chi connectivity index (χ3v) is 2.94. The molecule has 0 amide bonds. The number of pyridine rings is 1. The van der Waals surface area contributed by atoms with Gasteiger partial charge in [-0.1, -0.05) is 0 Å². The maximum atomic E-state index is 12.0. The Labute approximate surface area is 127 Å². The molecule has 112 valence electrons. The molecule has 0 radical (unpaired) electrons. The number of nitrogens with zero attached hydrogens (tertiary/aromatic N) is 3. The van der Waals surface area contributed by atoms with E-state index in [-0.39, 0.29) is 11.5 Å².